The van der Waals surface area contributed by atoms with E-state index in [0.717, 1.165) is 30.6 Å². The molecule has 162 valence electrons. The van der Waals surface area contributed by atoms with Crippen LogP contribution in [0.15, 0.2) is 48.5 Å². The van der Waals surface area contributed by atoms with Crippen molar-refractivity contribution in [3.8, 4) is 5.75 Å². The van der Waals surface area contributed by atoms with E-state index >= 15 is 0 Å². The van der Waals surface area contributed by atoms with Gasteiger partial charge in [0, 0.05) is 11.6 Å². The van der Waals surface area contributed by atoms with E-state index in [9.17, 15) is 14.4 Å². The van der Waals surface area contributed by atoms with Crippen LogP contribution in [0.4, 0.5) is 0 Å². The summed E-state index contributed by atoms with van der Waals surface area (Å²) in [6.07, 6.45) is 7.29. The van der Waals surface area contributed by atoms with Gasteiger partial charge in [-0.3, -0.25) is 9.59 Å². The van der Waals surface area contributed by atoms with E-state index in [1.807, 2.05) is 24.3 Å². The van der Waals surface area contributed by atoms with Crippen LogP contribution in [-0.2, 0) is 27.2 Å². The molecule has 0 unspecified atom stereocenters. The van der Waals surface area contributed by atoms with Crippen molar-refractivity contribution in [1.82, 2.24) is 5.32 Å². The van der Waals surface area contributed by atoms with Crippen LogP contribution in [0, 0.1) is 0 Å². The number of amides is 1. The van der Waals surface area contributed by atoms with Gasteiger partial charge >= 0.3 is 5.97 Å². The van der Waals surface area contributed by atoms with E-state index in [0.29, 0.717) is 5.56 Å². The van der Waals surface area contributed by atoms with Gasteiger partial charge in [0.05, 0.1) is 7.11 Å². The Hall–Kier alpha value is -3.41. The third-order valence-corrected chi connectivity index (χ3v) is 5.27. The van der Waals surface area contributed by atoms with Crippen molar-refractivity contribution in [2.75, 3.05) is 13.7 Å². The summed E-state index contributed by atoms with van der Waals surface area (Å²) >= 11 is 0. The molecule has 0 saturated carbocycles. The average molecular weight is 421 g/mol. The molecule has 0 fully saturated rings. The highest BCUT2D eigenvalue weighted by atomic mass is 16.5. The van der Waals surface area contributed by atoms with Gasteiger partial charge in [-0.2, -0.15) is 0 Å². The number of carbonyl (C=O) groups is 3. The molecule has 1 aliphatic rings. The fourth-order valence-electron chi connectivity index (χ4n) is 3.46. The van der Waals surface area contributed by atoms with Crippen molar-refractivity contribution in [2.45, 2.75) is 38.6 Å². The first-order valence-electron chi connectivity index (χ1n) is 10.4. The molecule has 1 atom stereocenters. The Balaban J connectivity index is 1.46. The van der Waals surface area contributed by atoms with Gasteiger partial charge in [0.15, 0.2) is 12.4 Å². The van der Waals surface area contributed by atoms with Crippen LogP contribution in [0.1, 0.15) is 46.8 Å². The maximum Gasteiger partial charge on any atom is 0.328 e. The Bertz CT molecular complexity index is 978. The Morgan fingerprint density at radius 3 is 2.45 bits per heavy atom. The number of nitrogens with one attached hydrogen (secondary N) is 1. The smallest absolute Gasteiger partial charge is 0.328 e. The Morgan fingerprint density at radius 1 is 1.03 bits per heavy atom. The van der Waals surface area contributed by atoms with Gasteiger partial charge in [-0.05, 0) is 73.6 Å². The van der Waals surface area contributed by atoms with Crippen LogP contribution >= 0.6 is 0 Å². The Labute approximate surface area is 182 Å². The standard InChI is InChI=1S/C25H27NO5/c1-17(26-24(28)14-9-18-7-12-22(30-2)13-8-18)25(29)31-16-23(27)21-11-10-19-5-3-4-6-20(19)15-21/h7-15,17H,3-6,16H2,1-2H3,(H,26,28)/b14-9+/t17-/m0/s1. The minimum atomic E-state index is -0.871. The molecule has 3 rings (SSSR count). The normalized spacial score (nSPS) is 13.9. The molecule has 1 amide bonds. The second-order valence-electron chi connectivity index (χ2n) is 7.56. The second kappa shape index (κ2) is 10.6. The molecule has 1 N–H and O–H groups in total. The van der Waals surface area contributed by atoms with Crippen molar-refractivity contribution < 1.29 is 23.9 Å². The number of Topliss-reactive ketones (excluding diaryl/α,β-unsaturated/α-hetero) is 1. The molecule has 0 heterocycles. The lowest BCUT2D eigenvalue weighted by Crippen LogP contribution is -2.39. The lowest BCUT2D eigenvalue weighted by molar-refractivity contribution is -0.145. The van der Waals surface area contributed by atoms with Gasteiger partial charge < -0.3 is 14.8 Å². The zero-order chi connectivity index (χ0) is 22.2. The molecule has 0 spiro atoms. The van der Waals surface area contributed by atoms with Gasteiger partial charge in [-0.25, -0.2) is 4.79 Å². The van der Waals surface area contributed by atoms with Gasteiger partial charge in [0.25, 0.3) is 0 Å². The predicted molar refractivity (Wildman–Crippen MR) is 118 cm³/mol. The number of ketones is 1. The van der Waals surface area contributed by atoms with Crippen LogP contribution in [0.5, 0.6) is 5.75 Å². The van der Waals surface area contributed by atoms with Crippen molar-refractivity contribution in [2.24, 2.45) is 0 Å². The van der Waals surface area contributed by atoms with E-state index in [-0.39, 0.29) is 12.4 Å². The predicted octanol–water partition coefficient (Wildman–Crippen LogP) is 3.52. The maximum absolute atomic E-state index is 12.4. The molecular weight excluding hydrogens is 394 g/mol. The summed E-state index contributed by atoms with van der Waals surface area (Å²) < 4.78 is 10.2. The largest absolute Gasteiger partial charge is 0.497 e. The van der Waals surface area contributed by atoms with Crippen LogP contribution in [0.2, 0.25) is 0 Å². The van der Waals surface area contributed by atoms with Gasteiger partial charge in [0.2, 0.25) is 5.91 Å². The number of ether oxygens (including phenoxy) is 2. The maximum atomic E-state index is 12.4. The van der Waals surface area contributed by atoms with Crippen molar-refractivity contribution in [1.29, 1.82) is 0 Å². The molecule has 31 heavy (non-hydrogen) atoms. The zero-order valence-electron chi connectivity index (χ0n) is 17.9. The molecule has 2 aromatic carbocycles. The van der Waals surface area contributed by atoms with E-state index in [1.165, 1.54) is 30.5 Å². The number of hydrogen-bond donors (Lipinski definition) is 1. The van der Waals surface area contributed by atoms with E-state index in [1.54, 1.807) is 31.4 Å². The highest BCUT2D eigenvalue weighted by Crippen LogP contribution is 2.22. The Kier molecular flexibility index (Phi) is 7.60. The number of carbonyl (C=O) groups excluding carboxylic acids is 3. The minimum absolute atomic E-state index is 0.250. The first-order valence-corrected chi connectivity index (χ1v) is 10.4. The summed E-state index contributed by atoms with van der Waals surface area (Å²) in [4.78, 5) is 36.6. The fourth-order valence-corrected chi connectivity index (χ4v) is 3.46. The minimum Gasteiger partial charge on any atom is -0.497 e. The van der Waals surface area contributed by atoms with Crippen LogP contribution in [0.3, 0.4) is 0 Å². The number of hydrogen-bond acceptors (Lipinski definition) is 5. The number of aryl methyl sites for hydroxylation is 2. The molecule has 0 radical (unpaired) electrons. The third kappa shape index (κ3) is 6.28. The van der Waals surface area contributed by atoms with Crippen LogP contribution in [0.25, 0.3) is 6.08 Å². The zero-order valence-corrected chi connectivity index (χ0v) is 17.9. The summed E-state index contributed by atoms with van der Waals surface area (Å²) in [5, 5.41) is 2.54. The molecule has 0 saturated heterocycles. The fraction of sp³-hybridized carbons (Fsp3) is 0.320. The molecule has 0 bridgehead atoms. The average Bonchev–Trinajstić information content (AvgIpc) is 2.80. The number of benzene rings is 2. The number of esters is 1. The van der Waals surface area contributed by atoms with Gasteiger partial charge in [0.1, 0.15) is 11.8 Å². The van der Waals surface area contributed by atoms with Crippen molar-refractivity contribution in [3.63, 3.8) is 0 Å². The van der Waals surface area contributed by atoms with Gasteiger partial charge in [-0.15, -0.1) is 0 Å². The summed E-state index contributed by atoms with van der Waals surface area (Å²) in [5.41, 5.74) is 3.86. The number of fused-ring (bicyclic) bond motifs is 1. The second-order valence-corrected chi connectivity index (χ2v) is 7.56. The molecule has 6 nitrogen and oxygen atoms in total. The van der Waals surface area contributed by atoms with E-state index < -0.39 is 17.9 Å². The highest BCUT2D eigenvalue weighted by molar-refractivity contribution is 5.99. The Morgan fingerprint density at radius 2 is 1.74 bits per heavy atom. The van der Waals surface area contributed by atoms with Crippen molar-refractivity contribution >= 4 is 23.7 Å². The summed E-state index contributed by atoms with van der Waals surface area (Å²) in [5.74, 6) is -0.610. The van der Waals surface area contributed by atoms with Crippen LogP contribution in [-0.4, -0.2) is 37.4 Å². The van der Waals surface area contributed by atoms with Crippen molar-refractivity contribution in [3.05, 3.63) is 70.8 Å². The SMILES string of the molecule is COc1ccc(/C=C/C(=O)N[C@@H](C)C(=O)OCC(=O)c2ccc3c(c2)CCCC3)cc1. The van der Waals surface area contributed by atoms with Crippen LogP contribution < -0.4 is 10.1 Å². The highest BCUT2D eigenvalue weighted by Gasteiger charge is 2.19. The van der Waals surface area contributed by atoms with Gasteiger partial charge in [-0.1, -0.05) is 24.3 Å². The molecule has 6 heteroatoms. The molecular formula is C25H27NO5. The molecule has 1 aliphatic carbocycles. The molecule has 0 aromatic heterocycles. The summed E-state index contributed by atoms with van der Waals surface area (Å²) in [6, 6.07) is 12.0. The van der Waals surface area contributed by atoms with E-state index in [4.69, 9.17) is 9.47 Å². The lowest BCUT2D eigenvalue weighted by atomic mass is 9.90. The topological polar surface area (TPSA) is 81.7 Å². The molecule has 0 aliphatic heterocycles. The molecule has 2 aromatic rings. The third-order valence-electron chi connectivity index (χ3n) is 5.27. The first-order chi connectivity index (χ1) is 15.0. The van der Waals surface area contributed by atoms with E-state index in [2.05, 4.69) is 5.32 Å². The quantitative estimate of drug-likeness (QED) is 0.401. The summed E-state index contributed by atoms with van der Waals surface area (Å²) in [7, 11) is 1.58. The summed E-state index contributed by atoms with van der Waals surface area (Å²) in [6.45, 7) is 1.17. The monoisotopic (exact) mass is 421 g/mol. The lowest BCUT2D eigenvalue weighted by Gasteiger charge is -2.16. The number of methoxy groups -OCH3 is 1. The number of rotatable bonds is 8. The first kappa shape index (κ1) is 22.3.